The first-order valence-corrected chi connectivity index (χ1v) is 9.56. The van der Waals surface area contributed by atoms with Gasteiger partial charge in [0.05, 0.1) is 0 Å². The molecule has 2 heterocycles. The van der Waals surface area contributed by atoms with Crippen LogP contribution in [0, 0.1) is 0 Å². The van der Waals surface area contributed by atoms with Gasteiger partial charge in [-0.25, -0.2) is 0 Å². The zero-order valence-corrected chi connectivity index (χ0v) is 16.3. The minimum atomic E-state index is 0.706. The SMILES string of the molecule is [AsH2]c1ccc2cccc(-c3cnnc4[nH]ncc34)c2c1-c1ccccc1. The van der Waals surface area contributed by atoms with Crippen molar-refractivity contribution >= 4 is 43.0 Å². The van der Waals surface area contributed by atoms with Crippen LogP contribution in [0.5, 0.6) is 0 Å². The van der Waals surface area contributed by atoms with E-state index in [2.05, 4.69) is 81.1 Å². The second kappa shape index (κ2) is 6.08. The van der Waals surface area contributed by atoms with Gasteiger partial charge in [0.1, 0.15) is 0 Å². The standard InChI is InChI=1S/C21H15AsN4/c22-18-10-9-14-7-4-8-15(16-11-23-25-21-17(16)12-24-26-21)19(14)20(18)13-5-2-1-3-6-13/h1-12H,22H2,(H,24,25,26). The Kier molecular flexibility index (Phi) is 3.58. The molecule has 5 heteroatoms. The maximum absolute atomic E-state index is 4.18. The number of aromatic amines is 1. The molecule has 0 aliphatic carbocycles. The van der Waals surface area contributed by atoms with E-state index in [1.54, 1.807) is 16.9 Å². The zero-order chi connectivity index (χ0) is 17.5. The van der Waals surface area contributed by atoms with Gasteiger partial charge in [-0.15, -0.1) is 0 Å². The van der Waals surface area contributed by atoms with Gasteiger partial charge in [0.2, 0.25) is 0 Å². The van der Waals surface area contributed by atoms with Gasteiger partial charge in [-0.1, -0.05) is 0 Å². The predicted molar refractivity (Wildman–Crippen MR) is 108 cm³/mol. The molecule has 5 aromatic rings. The van der Waals surface area contributed by atoms with Crippen molar-refractivity contribution in [3.8, 4) is 22.3 Å². The second-order valence-corrected chi connectivity index (χ2v) is 7.50. The Morgan fingerprint density at radius 1 is 0.808 bits per heavy atom. The van der Waals surface area contributed by atoms with E-state index < -0.39 is 0 Å². The molecule has 0 aliphatic heterocycles. The summed E-state index contributed by atoms with van der Waals surface area (Å²) in [6.07, 6.45) is 3.65. The summed E-state index contributed by atoms with van der Waals surface area (Å²) in [4.78, 5) is 0. The van der Waals surface area contributed by atoms with Crippen LogP contribution in [-0.2, 0) is 0 Å². The number of H-pyrrole nitrogens is 1. The van der Waals surface area contributed by atoms with E-state index in [0.717, 1.165) is 16.5 Å². The number of nitrogens with zero attached hydrogens (tertiary/aromatic N) is 3. The number of rotatable bonds is 2. The Morgan fingerprint density at radius 3 is 2.58 bits per heavy atom. The Hall–Kier alpha value is -2.97. The normalized spacial score (nSPS) is 11.3. The first kappa shape index (κ1) is 15.3. The molecule has 0 amide bonds. The number of benzene rings is 3. The van der Waals surface area contributed by atoms with Crippen LogP contribution in [0.15, 0.2) is 73.1 Å². The fraction of sp³-hybridized carbons (Fsp3) is 0. The summed E-state index contributed by atoms with van der Waals surface area (Å²) in [6, 6.07) is 21.4. The van der Waals surface area contributed by atoms with Crippen LogP contribution in [-0.4, -0.2) is 37.2 Å². The molecule has 3 aromatic carbocycles. The topological polar surface area (TPSA) is 54.5 Å². The Labute approximate surface area is 158 Å². The van der Waals surface area contributed by atoms with Crippen LogP contribution in [0.4, 0.5) is 0 Å². The van der Waals surface area contributed by atoms with Gasteiger partial charge in [-0.2, -0.15) is 0 Å². The quantitative estimate of drug-likeness (QED) is 0.465. The Morgan fingerprint density at radius 2 is 1.69 bits per heavy atom. The monoisotopic (exact) mass is 398 g/mol. The van der Waals surface area contributed by atoms with Crippen molar-refractivity contribution in [2.24, 2.45) is 0 Å². The summed E-state index contributed by atoms with van der Waals surface area (Å²) >= 11 is 1.63. The van der Waals surface area contributed by atoms with Crippen LogP contribution in [0.25, 0.3) is 44.1 Å². The van der Waals surface area contributed by atoms with Crippen molar-refractivity contribution in [1.82, 2.24) is 20.4 Å². The average molecular weight is 398 g/mol. The van der Waals surface area contributed by atoms with Gasteiger partial charge in [0.25, 0.3) is 0 Å². The molecule has 0 radical (unpaired) electrons. The van der Waals surface area contributed by atoms with Crippen molar-refractivity contribution in [2.75, 3.05) is 0 Å². The summed E-state index contributed by atoms with van der Waals surface area (Å²) in [5.41, 5.74) is 5.42. The fourth-order valence-electron chi connectivity index (χ4n) is 3.52. The molecule has 1 unspecified atom stereocenters. The van der Waals surface area contributed by atoms with E-state index in [1.807, 2.05) is 12.4 Å². The van der Waals surface area contributed by atoms with Crippen molar-refractivity contribution < 1.29 is 0 Å². The van der Waals surface area contributed by atoms with Crippen LogP contribution in [0.3, 0.4) is 0 Å². The maximum atomic E-state index is 4.18. The van der Waals surface area contributed by atoms with Crippen LogP contribution in [0.2, 0.25) is 0 Å². The molecule has 0 saturated heterocycles. The van der Waals surface area contributed by atoms with E-state index in [4.69, 9.17) is 0 Å². The molecule has 0 aliphatic rings. The van der Waals surface area contributed by atoms with E-state index in [9.17, 15) is 0 Å². The van der Waals surface area contributed by atoms with Gasteiger partial charge in [-0.3, -0.25) is 0 Å². The molecule has 0 saturated carbocycles. The molecular formula is C21H15AsN4. The molecule has 4 nitrogen and oxygen atoms in total. The van der Waals surface area contributed by atoms with Crippen molar-refractivity contribution in [3.05, 3.63) is 73.1 Å². The van der Waals surface area contributed by atoms with Gasteiger partial charge < -0.3 is 0 Å². The van der Waals surface area contributed by atoms with E-state index in [-0.39, 0.29) is 0 Å². The third-order valence-electron chi connectivity index (χ3n) is 4.68. The van der Waals surface area contributed by atoms with Gasteiger partial charge in [0.15, 0.2) is 0 Å². The third-order valence-corrected chi connectivity index (χ3v) is 5.69. The molecule has 1 atom stereocenters. The number of aromatic nitrogens is 4. The van der Waals surface area contributed by atoms with Gasteiger partial charge >= 0.3 is 159 Å². The molecule has 2 aromatic heterocycles. The van der Waals surface area contributed by atoms with Gasteiger partial charge in [0, 0.05) is 0 Å². The van der Waals surface area contributed by atoms with E-state index >= 15 is 0 Å². The van der Waals surface area contributed by atoms with E-state index in [1.165, 1.54) is 26.3 Å². The second-order valence-electron chi connectivity index (χ2n) is 6.19. The zero-order valence-electron chi connectivity index (χ0n) is 13.8. The predicted octanol–water partition coefficient (Wildman–Crippen LogP) is 3.10. The number of hydrogen-bond donors (Lipinski definition) is 1. The molecule has 1 N–H and O–H groups in total. The first-order chi connectivity index (χ1) is 12.8. The average Bonchev–Trinajstić information content (AvgIpc) is 3.17. The molecule has 0 bridgehead atoms. The molecule has 0 spiro atoms. The summed E-state index contributed by atoms with van der Waals surface area (Å²) in [5.74, 6) is 0. The van der Waals surface area contributed by atoms with Crippen LogP contribution >= 0.6 is 0 Å². The summed E-state index contributed by atoms with van der Waals surface area (Å²) in [7, 11) is 0. The Balaban J connectivity index is 1.93. The molecular weight excluding hydrogens is 383 g/mol. The first-order valence-electron chi connectivity index (χ1n) is 8.35. The molecule has 5 rings (SSSR count). The molecule has 26 heavy (non-hydrogen) atoms. The molecule has 124 valence electrons. The molecule has 0 fully saturated rings. The summed E-state index contributed by atoms with van der Waals surface area (Å²) in [5, 5.41) is 18.8. The summed E-state index contributed by atoms with van der Waals surface area (Å²) in [6.45, 7) is 0. The van der Waals surface area contributed by atoms with Crippen LogP contribution < -0.4 is 4.35 Å². The minimum absolute atomic E-state index is 0.706. The number of nitrogens with one attached hydrogen (secondary N) is 1. The fourth-order valence-corrected chi connectivity index (χ4v) is 4.37. The summed E-state index contributed by atoms with van der Waals surface area (Å²) < 4.78 is 1.31. The number of hydrogen-bond acceptors (Lipinski definition) is 3. The Bertz CT molecular complexity index is 1250. The number of fused-ring (bicyclic) bond motifs is 2. The van der Waals surface area contributed by atoms with Crippen LogP contribution in [0.1, 0.15) is 0 Å². The van der Waals surface area contributed by atoms with Crippen molar-refractivity contribution in [1.29, 1.82) is 0 Å². The van der Waals surface area contributed by atoms with Gasteiger partial charge in [-0.05, 0) is 0 Å². The third kappa shape index (κ3) is 2.34. The van der Waals surface area contributed by atoms with Crippen molar-refractivity contribution in [2.45, 2.75) is 0 Å². The van der Waals surface area contributed by atoms with E-state index in [0.29, 0.717) is 5.65 Å². The van der Waals surface area contributed by atoms with Crippen molar-refractivity contribution in [3.63, 3.8) is 0 Å².